The summed E-state index contributed by atoms with van der Waals surface area (Å²) >= 11 is 0. The van der Waals surface area contributed by atoms with Gasteiger partial charge in [0.1, 0.15) is 18.2 Å². The molecule has 0 aliphatic heterocycles. The largest absolute Gasteiger partial charge is 0.324 e. The third-order valence-corrected chi connectivity index (χ3v) is 4.52. The molecule has 11 nitrogen and oxygen atoms in total. The SMILES string of the molecule is NCc1nc(-c2ccc(NC(=O)c3ccc(Cn4cc([N+](=O)[O-])cn4)cc3)cc2)n[nH]1. The molecule has 0 aliphatic carbocycles. The van der Waals surface area contributed by atoms with Gasteiger partial charge in [0.25, 0.3) is 5.91 Å². The fourth-order valence-electron chi connectivity index (χ4n) is 2.90. The zero-order chi connectivity index (χ0) is 21.8. The number of nitrogens with two attached hydrogens (primary N) is 1. The summed E-state index contributed by atoms with van der Waals surface area (Å²) in [6, 6.07) is 14.1. The Hall–Kier alpha value is -4.38. The summed E-state index contributed by atoms with van der Waals surface area (Å²) < 4.78 is 1.47. The number of nitrogens with zero attached hydrogens (tertiary/aromatic N) is 5. The van der Waals surface area contributed by atoms with Crippen LogP contribution in [0.3, 0.4) is 0 Å². The maximum Gasteiger partial charge on any atom is 0.307 e. The molecule has 2 aromatic heterocycles. The Labute approximate surface area is 176 Å². The Morgan fingerprint density at radius 2 is 1.90 bits per heavy atom. The van der Waals surface area contributed by atoms with Gasteiger partial charge in [-0.15, -0.1) is 0 Å². The van der Waals surface area contributed by atoms with Gasteiger partial charge in [-0.2, -0.15) is 10.2 Å². The molecule has 0 saturated heterocycles. The van der Waals surface area contributed by atoms with E-state index in [-0.39, 0.29) is 18.1 Å². The summed E-state index contributed by atoms with van der Waals surface area (Å²) in [6.07, 6.45) is 2.56. The van der Waals surface area contributed by atoms with E-state index in [4.69, 9.17) is 5.73 Å². The van der Waals surface area contributed by atoms with E-state index in [9.17, 15) is 14.9 Å². The van der Waals surface area contributed by atoms with Crippen molar-refractivity contribution in [3.05, 3.63) is 88.0 Å². The van der Waals surface area contributed by atoms with Crippen molar-refractivity contribution in [3.8, 4) is 11.4 Å². The van der Waals surface area contributed by atoms with Gasteiger partial charge < -0.3 is 11.1 Å². The topological polar surface area (TPSA) is 158 Å². The first-order valence-electron chi connectivity index (χ1n) is 9.31. The van der Waals surface area contributed by atoms with Crippen LogP contribution in [0.5, 0.6) is 0 Å². The van der Waals surface area contributed by atoms with Gasteiger partial charge in [-0.05, 0) is 42.0 Å². The highest BCUT2D eigenvalue weighted by atomic mass is 16.6. The summed E-state index contributed by atoms with van der Waals surface area (Å²) in [5, 5.41) is 24.4. The Morgan fingerprint density at radius 3 is 2.52 bits per heavy atom. The lowest BCUT2D eigenvalue weighted by Crippen LogP contribution is -2.12. The van der Waals surface area contributed by atoms with Crippen molar-refractivity contribution in [2.45, 2.75) is 13.1 Å². The fraction of sp³-hybridized carbons (Fsp3) is 0.100. The number of aromatic amines is 1. The number of H-pyrrole nitrogens is 1. The fourth-order valence-corrected chi connectivity index (χ4v) is 2.90. The van der Waals surface area contributed by atoms with Crippen LogP contribution < -0.4 is 11.1 Å². The molecule has 156 valence electrons. The predicted octanol–water partition coefficient (Wildman–Crippen LogP) is 2.34. The van der Waals surface area contributed by atoms with Crippen molar-refractivity contribution in [1.82, 2.24) is 25.0 Å². The third-order valence-electron chi connectivity index (χ3n) is 4.52. The number of rotatable bonds is 7. The predicted molar refractivity (Wildman–Crippen MR) is 112 cm³/mol. The minimum atomic E-state index is -0.494. The first kappa shape index (κ1) is 19.9. The Kier molecular flexibility index (Phi) is 5.49. The van der Waals surface area contributed by atoms with Gasteiger partial charge in [-0.3, -0.25) is 24.7 Å². The van der Waals surface area contributed by atoms with Gasteiger partial charge in [0.05, 0.1) is 18.0 Å². The maximum absolute atomic E-state index is 12.5. The highest BCUT2D eigenvalue weighted by molar-refractivity contribution is 6.04. The molecule has 0 bridgehead atoms. The molecule has 0 fully saturated rings. The third kappa shape index (κ3) is 4.62. The molecular weight excluding hydrogens is 400 g/mol. The first-order chi connectivity index (χ1) is 15.0. The molecule has 0 radical (unpaired) electrons. The van der Waals surface area contributed by atoms with E-state index >= 15 is 0 Å². The van der Waals surface area contributed by atoms with Crippen molar-refractivity contribution in [2.24, 2.45) is 5.73 Å². The van der Waals surface area contributed by atoms with Gasteiger partial charge in [-0.1, -0.05) is 12.1 Å². The van der Waals surface area contributed by atoms with Crippen molar-refractivity contribution < 1.29 is 9.72 Å². The zero-order valence-corrected chi connectivity index (χ0v) is 16.2. The molecule has 0 unspecified atom stereocenters. The van der Waals surface area contributed by atoms with Crippen molar-refractivity contribution in [3.63, 3.8) is 0 Å². The molecule has 2 aromatic carbocycles. The van der Waals surface area contributed by atoms with Crippen LogP contribution in [0.4, 0.5) is 11.4 Å². The van der Waals surface area contributed by atoms with Crippen LogP contribution in [0.2, 0.25) is 0 Å². The molecule has 2 heterocycles. The highest BCUT2D eigenvalue weighted by Crippen LogP contribution is 2.19. The number of aromatic nitrogens is 5. The van der Waals surface area contributed by atoms with Gasteiger partial charge in [0.15, 0.2) is 5.82 Å². The molecule has 4 rings (SSSR count). The number of anilines is 1. The second-order valence-corrected chi connectivity index (χ2v) is 6.69. The number of nitro groups is 1. The minimum Gasteiger partial charge on any atom is -0.324 e. The molecule has 0 spiro atoms. The van der Waals surface area contributed by atoms with E-state index in [2.05, 4.69) is 25.6 Å². The molecule has 31 heavy (non-hydrogen) atoms. The first-order valence-corrected chi connectivity index (χ1v) is 9.31. The molecule has 0 aliphatic rings. The maximum atomic E-state index is 12.5. The number of benzene rings is 2. The second kappa shape index (κ2) is 8.55. The summed E-state index contributed by atoms with van der Waals surface area (Å²) in [7, 11) is 0. The smallest absolute Gasteiger partial charge is 0.307 e. The van der Waals surface area contributed by atoms with E-state index in [0.717, 1.165) is 11.1 Å². The summed E-state index contributed by atoms with van der Waals surface area (Å²) in [5.41, 5.74) is 8.25. The Balaban J connectivity index is 1.38. The minimum absolute atomic E-state index is 0.0649. The number of hydrogen-bond donors (Lipinski definition) is 3. The molecule has 0 saturated carbocycles. The Bertz CT molecular complexity index is 1210. The van der Waals surface area contributed by atoms with E-state index < -0.39 is 4.92 Å². The molecule has 11 heteroatoms. The van der Waals surface area contributed by atoms with Gasteiger partial charge in [0, 0.05) is 16.8 Å². The zero-order valence-electron chi connectivity index (χ0n) is 16.2. The number of carbonyl (C=O) groups is 1. The molecule has 0 atom stereocenters. The average Bonchev–Trinajstić information content (AvgIpc) is 3.44. The van der Waals surface area contributed by atoms with Crippen molar-refractivity contribution >= 4 is 17.3 Å². The Morgan fingerprint density at radius 1 is 1.16 bits per heavy atom. The average molecular weight is 418 g/mol. The number of carbonyl (C=O) groups excluding carboxylic acids is 1. The number of nitrogens with one attached hydrogen (secondary N) is 2. The van der Waals surface area contributed by atoms with E-state index in [1.807, 2.05) is 12.1 Å². The molecule has 1 amide bonds. The molecule has 4 aromatic rings. The summed E-state index contributed by atoms with van der Waals surface area (Å²) in [4.78, 5) is 27.0. The molecule has 4 N–H and O–H groups in total. The highest BCUT2D eigenvalue weighted by Gasteiger charge is 2.11. The van der Waals surface area contributed by atoms with Crippen LogP contribution in [0.1, 0.15) is 21.7 Å². The van der Waals surface area contributed by atoms with Crippen molar-refractivity contribution in [1.29, 1.82) is 0 Å². The van der Waals surface area contributed by atoms with Crippen LogP contribution in [0, 0.1) is 10.1 Å². The van der Waals surface area contributed by atoms with E-state index in [1.165, 1.54) is 17.1 Å². The van der Waals surface area contributed by atoms with Crippen LogP contribution in [-0.4, -0.2) is 35.8 Å². The monoisotopic (exact) mass is 418 g/mol. The van der Waals surface area contributed by atoms with Crippen LogP contribution >= 0.6 is 0 Å². The van der Waals surface area contributed by atoms with Crippen molar-refractivity contribution in [2.75, 3.05) is 5.32 Å². The van der Waals surface area contributed by atoms with Gasteiger partial charge in [-0.25, -0.2) is 4.98 Å². The lowest BCUT2D eigenvalue weighted by atomic mass is 10.1. The van der Waals surface area contributed by atoms with Crippen LogP contribution in [0.25, 0.3) is 11.4 Å². The summed E-state index contributed by atoms with van der Waals surface area (Å²) in [6.45, 7) is 0.645. The van der Waals surface area contributed by atoms with E-state index in [0.29, 0.717) is 29.4 Å². The standard InChI is InChI=1S/C20H18N8O3/c21-9-18-24-19(26-25-18)14-5-7-16(8-6-14)23-20(29)15-3-1-13(2-4-15)11-27-12-17(10-22-27)28(30)31/h1-8,10,12H,9,11,21H2,(H,23,29)(H,24,25,26). The molecular formula is C20H18N8O3. The van der Waals surface area contributed by atoms with Gasteiger partial charge >= 0.3 is 5.69 Å². The quantitative estimate of drug-likeness (QED) is 0.307. The lowest BCUT2D eigenvalue weighted by Gasteiger charge is -2.07. The lowest BCUT2D eigenvalue weighted by molar-refractivity contribution is -0.385. The van der Waals surface area contributed by atoms with Gasteiger partial charge in [0.2, 0.25) is 0 Å². The second-order valence-electron chi connectivity index (χ2n) is 6.69. The van der Waals surface area contributed by atoms with E-state index in [1.54, 1.807) is 36.4 Å². The number of hydrogen-bond acceptors (Lipinski definition) is 7. The number of amides is 1. The normalized spacial score (nSPS) is 10.7. The van der Waals surface area contributed by atoms with Crippen LogP contribution in [-0.2, 0) is 13.1 Å². The van der Waals surface area contributed by atoms with Crippen LogP contribution in [0.15, 0.2) is 60.9 Å². The summed E-state index contributed by atoms with van der Waals surface area (Å²) in [5.74, 6) is 0.885.